The van der Waals surface area contributed by atoms with Gasteiger partial charge in [-0.1, -0.05) is 11.6 Å². The molecule has 0 amide bonds. The maximum absolute atomic E-state index is 6.23. The summed E-state index contributed by atoms with van der Waals surface area (Å²) in [5, 5.41) is 4.56. The molecule has 0 fully saturated rings. The molecule has 0 radical (unpaired) electrons. The third-order valence-electron chi connectivity index (χ3n) is 2.99. The van der Waals surface area contributed by atoms with Gasteiger partial charge in [0.05, 0.1) is 18.2 Å². The summed E-state index contributed by atoms with van der Waals surface area (Å²) in [6.45, 7) is 4.64. The summed E-state index contributed by atoms with van der Waals surface area (Å²) in [5.41, 5.74) is 1.16. The highest BCUT2D eigenvalue weighted by molar-refractivity contribution is 7.18. The standard InChI is InChI=1S/C13H12ClN3OS/c1-7-8(2)19-12-10(7)11(14)16-13(17-12)15-6-9-4-3-5-18-9/h3-5H,6H2,1-2H3,(H,15,16,17). The molecule has 0 aliphatic heterocycles. The van der Waals surface area contributed by atoms with Gasteiger partial charge in [-0.15, -0.1) is 11.3 Å². The Morgan fingerprint density at radius 3 is 2.95 bits per heavy atom. The van der Waals surface area contributed by atoms with Crippen molar-refractivity contribution >= 4 is 39.1 Å². The van der Waals surface area contributed by atoms with Gasteiger partial charge in [-0.3, -0.25) is 0 Å². The molecule has 1 N–H and O–H groups in total. The van der Waals surface area contributed by atoms with Crippen LogP contribution in [0.3, 0.4) is 0 Å². The molecular formula is C13H12ClN3OS. The molecule has 3 heterocycles. The van der Waals surface area contributed by atoms with Crippen molar-refractivity contribution in [2.75, 3.05) is 5.32 Å². The maximum atomic E-state index is 6.23. The molecule has 3 rings (SSSR count). The highest BCUT2D eigenvalue weighted by Crippen LogP contribution is 2.33. The molecule has 0 aliphatic carbocycles. The topological polar surface area (TPSA) is 51.0 Å². The number of hydrogen-bond acceptors (Lipinski definition) is 5. The molecule has 19 heavy (non-hydrogen) atoms. The lowest BCUT2D eigenvalue weighted by Crippen LogP contribution is -2.02. The normalized spacial score (nSPS) is 11.1. The Balaban J connectivity index is 1.92. The molecule has 3 aromatic rings. The predicted molar refractivity (Wildman–Crippen MR) is 77.9 cm³/mol. The lowest BCUT2D eigenvalue weighted by Gasteiger charge is -2.04. The Bertz CT molecular complexity index is 721. The van der Waals surface area contributed by atoms with Crippen molar-refractivity contribution in [2.45, 2.75) is 20.4 Å². The number of anilines is 1. The monoisotopic (exact) mass is 293 g/mol. The smallest absolute Gasteiger partial charge is 0.225 e. The number of thiophene rings is 1. The van der Waals surface area contributed by atoms with Crippen molar-refractivity contribution < 1.29 is 4.42 Å². The summed E-state index contributed by atoms with van der Waals surface area (Å²) < 4.78 is 5.25. The van der Waals surface area contributed by atoms with E-state index in [9.17, 15) is 0 Å². The van der Waals surface area contributed by atoms with E-state index in [1.807, 2.05) is 19.1 Å². The second-order valence-corrected chi connectivity index (χ2v) is 5.80. The van der Waals surface area contributed by atoms with E-state index in [0.717, 1.165) is 21.5 Å². The number of nitrogens with zero attached hydrogens (tertiary/aromatic N) is 2. The molecule has 0 spiro atoms. The van der Waals surface area contributed by atoms with E-state index in [2.05, 4.69) is 22.2 Å². The van der Waals surface area contributed by atoms with Crippen LogP contribution in [0.5, 0.6) is 0 Å². The average Bonchev–Trinajstić information content (AvgIpc) is 2.96. The van der Waals surface area contributed by atoms with Gasteiger partial charge in [0.1, 0.15) is 15.7 Å². The van der Waals surface area contributed by atoms with Crippen LogP contribution in [0.1, 0.15) is 16.2 Å². The number of fused-ring (bicyclic) bond motifs is 1. The van der Waals surface area contributed by atoms with Crippen LogP contribution in [0.25, 0.3) is 10.2 Å². The second-order valence-electron chi connectivity index (χ2n) is 4.23. The van der Waals surface area contributed by atoms with Crippen LogP contribution in [0.2, 0.25) is 5.15 Å². The van der Waals surface area contributed by atoms with Gasteiger partial charge in [0.15, 0.2) is 0 Å². The third-order valence-corrected chi connectivity index (χ3v) is 4.36. The van der Waals surface area contributed by atoms with Crippen LogP contribution in [0.4, 0.5) is 5.95 Å². The van der Waals surface area contributed by atoms with E-state index < -0.39 is 0 Å². The molecule has 0 saturated heterocycles. The molecule has 98 valence electrons. The minimum Gasteiger partial charge on any atom is -0.467 e. The van der Waals surface area contributed by atoms with Crippen molar-refractivity contribution in [3.05, 3.63) is 39.7 Å². The van der Waals surface area contributed by atoms with Crippen LogP contribution < -0.4 is 5.32 Å². The van der Waals surface area contributed by atoms with Crippen molar-refractivity contribution in [3.63, 3.8) is 0 Å². The Kier molecular flexibility index (Phi) is 3.16. The minimum absolute atomic E-state index is 0.494. The van der Waals surface area contributed by atoms with Crippen LogP contribution >= 0.6 is 22.9 Å². The van der Waals surface area contributed by atoms with Crippen LogP contribution in [-0.2, 0) is 6.54 Å². The Labute approximate surface area is 119 Å². The minimum atomic E-state index is 0.494. The van der Waals surface area contributed by atoms with Gasteiger partial charge in [0.25, 0.3) is 0 Å². The molecular weight excluding hydrogens is 282 g/mol. The average molecular weight is 294 g/mol. The fourth-order valence-corrected chi connectivity index (χ4v) is 3.26. The molecule has 0 aliphatic rings. The summed E-state index contributed by atoms with van der Waals surface area (Å²) in [7, 11) is 0. The van der Waals surface area contributed by atoms with Gasteiger partial charge in [-0.05, 0) is 31.5 Å². The zero-order valence-corrected chi connectivity index (χ0v) is 12.1. The van der Waals surface area contributed by atoms with Gasteiger partial charge in [-0.25, -0.2) is 9.97 Å². The molecule has 3 aromatic heterocycles. The Morgan fingerprint density at radius 2 is 2.21 bits per heavy atom. The first-order valence-corrected chi connectivity index (χ1v) is 7.04. The Hall–Kier alpha value is -1.59. The maximum Gasteiger partial charge on any atom is 0.225 e. The van der Waals surface area contributed by atoms with E-state index in [4.69, 9.17) is 16.0 Å². The third kappa shape index (κ3) is 2.31. The fourth-order valence-electron chi connectivity index (χ4n) is 1.86. The largest absolute Gasteiger partial charge is 0.467 e. The quantitative estimate of drug-likeness (QED) is 0.737. The number of rotatable bonds is 3. The molecule has 0 unspecified atom stereocenters. The zero-order chi connectivity index (χ0) is 13.4. The summed E-state index contributed by atoms with van der Waals surface area (Å²) in [6.07, 6.45) is 1.64. The summed E-state index contributed by atoms with van der Waals surface area (Å²) >= 11 is 7.86. The number of furan rings is 1. The van der Waals surface area contributed by atoms with E-state index in [1.54, 1.807) is 17.6 Å². The van der Waals surface area contributed by atoms with Crippen LogP contribution in [0.15, 0.2) is 22.8 Å². The number of nitrogens with one attached hydrogen (secondary N) is 1. The van der Waals surface area contributed by atoms with Crippen molar-refractivity contribution in [2.24, 2.45) is 0 Å². The summed E-state index contributed by atoms with van der Waals surface area (Å²) in [4.78, 5) is 10.9. The van der Waals surface area contributed by atoms with E-state index in [1.165, 1.54) is 4.88 Å². The van der Waals surface area contributed by atoms with Gasteiger partial charge < -0.3 is 9.73 Å². The molecule has 0 saturated carbocycles. The van der Waals surface area contributed by atoms with E-state index >= 15 is 0 Å². The molecule has 0 atom stereocenters. The van der Waals surface area contributed by atoms with Gasteiger partial charge in [0.2, 0.25) is 5.95 Å². The first-order valence-electron chi connectivity index (χ1n) is 5.84. The Morgan fingerprint density at radius 1 is 1.37 bits per heavy atom. The number of aryl methyl sites for hydroxylation is 2. The predicted octanol–water partition coefficient (Wildman–Crippen LogP) is 4.17. The van der Waals surface area contributed by atoms with Crippen LogP contribution in [-0.4, -0.2) is 9.97 Å². The molecule has 0 aromatic carbocycles. The molecule has 4 nitrogen and oxygen atoms in total. The highest BCUT2D eigenvalue weighted by atomic mass is 35.5. The lowest BCUT2D eigenvalue weighted by atomic mass is 10.2. The van der Waals surface area contributed by atoms with E-state index in [-0.39, 0.29) is 0 Å². The van der Waals surface area contributed by atoms with Gasteiger partial charge >= 0.3 is 0 Å². The van der Waals surface area contributed by atoms with Crippen molar-refractivity contribution in [1.29, 1.82) is 0 Å². The lowest BCUT2D eigenvalue weighted by molar-refractivity contribution is 0.517. The zero-order valence-electron chi connectivity index (χ0n) is 10.5. The SMILES string of the molecule is Cc1sc2nc(NCc3ccco3)nc(Cl)c2c1C. The van der Waals surface area contributed by atoms with E-state index in [0.29, 0.717) is 17.6 Å². The first-order chi connectivity index (χ1) is 9.15. The van der Waals surface area contributed by atoms with Crippen molar-refractivity contribution in [1.82, 2.24) is 9.97 Å². The highest BCUT2D eigenvalue weighted by Gasteiger charge is 2.13. The first kappa shape index (κ1) is 12.4. The molecule has 6 heteroatoms. The summed E-state index contributed by atoms with van der Waals surface area (Å²) in [6, 6.07) is 3.74. The fraction of sp³-hybridized carbons (Fsp3) is 0.231. The molecule has 0 bridgehead atoms. The summed E-state index contributed by atoms with van der Waals surface area (Å²) in [5.74, 6) is 1.36. The number of hydrogen-bond donors (Lipinski definition) is 1. The van der Waals surface area contributed by atoms with Crippen LogP contribution in [0, 0.1) is 13.8 Å². The van der Waals surface area contributed by atoms with Gasteiger partial charge in [-0.2, -0.15) is 0 Å². The number of aromatic nitrogens is 2. The van der Waals surface area contributed by atoms with Crippen molar-refractivity contribution in [3.8, 4) is 0 Å². The van der Waals surface area contributed by atoms with Gasteiger partial charge in [0, 0.05) is 4.88 Å². The second kappa shape index (κ2) is 4.83. The number of halogens is 1.